The molecule has 0 bridgehead atoms. The standard InChI is InChI=1S/C39H46N6O9S/c1-38(2,3)54-36(49)41-31-14-8-6-4-5-7-13-28-20-39(28,35(48)43-55(51,52)30-17-15-25(21-40)16-18-30)42-33(46)32-19-29(24-45(32)34(31)47)53-37(50)44-22-26-11-9-10-12-27(26)23-44/h7,9-13,15-18,28-29,31-32H,4-6,8,14,19-20,22-24H2,1-3H3,(H,41,49)(H,42,46)(H,43,48)/t28-,29-,31+,32+,39-/m1/s1. The van der Waals surface area contributed by atoms with E-state index >= 15 is 0 Å². The molecule has 292 valence electrons. The van der Waals surface area contributed by atoms with Crippen molar-refractivity contribution in [2.45, 2.75) is 113 Å². The molecule has 2 aromatic carbocycles. The van der Waals surface area contributed by atoms with Crippen molar-refractivity contribution in [3.63, 3.8) is 0 Å². The topological polar surface area (TPSA) is 204 Å². The minimum absolute atomic E-state index is 0.0986. The molecule has 1 aliphatic carbocycles. The van der Waals surface area contributed by atoms with Gasteiger partial charge in [-0.2, -0.15) is 5.26 Å². The quantitative estimate of drug-likeness (QED) is 0.375. The van der Waals surface area contributed by atoms with E-state index in [1.54, 1.807) is 26.8 Å². The molecule has 1 saturated heterocycles. The SMILES string of the molecule is CC(C)(C)OC(=O)N[C@H]1CCCCCC=C[C@@H]2C[C@@]2(C(=O)NS(=O)(=O)c2ccc(C#N)cc2)NC(=O)[C@@H]2C[C@@H](OC(=O)N3Cc4ccccc4C3)CN2C1=O. The third-order valence-corrected chi connectivity index (χ3v) is 11.6. The maximum Gasteiger partial charge on any atom is 0.410 e. The van der Waals surface area contributed by atoms with Crippen LogP contribution >= 0.6 is 0 Å². The Labute approximate surface area is 320 Å². The maximum absolute atomic E-state index is 14.4. The van der Waals surface area contributed by atoms with Gasteiger partial charge in [0.15, 0.2) is 0 Å². The number of nitriles is 1. The lowest BCUT2D eigenvalue weighted by Gasteiger charge is -2.30. The van der Waals surface area contributed by atoms with Gasteiger partial charge in [-0.05, 0) is 81.8 Å². The summed E-state index contributed by atoms with van der Waals surface area (Å²) in [7, 11) is -4.40. The Morgan fingerprint density at radius 2 is 1.69 bits per heavy atom. The summed E-state index contributed by atoms with van der Waals surface area (Å²) in [5.74, 6) is -2.83. The number of amides is 5. The fraction of sp³-hybridized carbons (Fsp3) is 0.487. The average Bonchev–Trinajstić information content (AvgIpc) is 3.42. The van der Waals surface area contributed by atoms with E-state index in [0.717, 1.165) is 17.5 Å². The second-order valence-corrected chi connectivity index (χ2v) is 17.2. The van der Waals surface area contributed by atoms with Crippen LogP contribution in [-0.2, 0) is 47.0 Å². The van der Waals surface area contributed by atoms with Crippen LogP contribution in [0.2, 0.25) is 0 Å². The number of benzene rings is 2. The number of allylic oxidation sites excluding steroid dienone is 1. The van der Waals surface area contributed by atoms with Crippen LogP contribution in [0.15, 0.2) is 65.6 Å². The van der Waals surface area contributed by atoms with Gasteiger partial charge >= 0.3 is 12.2 Å². The maximum atomic E-state index is 14.4. The Bertz CT molecular complexity index is 2000. The van der Waals surface area contributed by atoms with E-state index in [0.29, 0.717) is 32.4 Å². The highest BCUT2D eigenvalue weighted by atomic mass is 32.2. The monoisotopic (exact) mass is 774 g/mol. The molecule has 5 atom stereocenters. The third kappa shape index (κ3) is 9.10. The largest absolute Gasteiger partial charge is 0.444 e. The van der Waals surface area contributed by atoms with Crippen molar-refractivity contribution in [1.29, 1.82) is 5.26 Å². The van der Waals surface area contributed by atoms with E-state index in [4.69, 9.17) is 14.7 Å². The molecule has 6 rings (SSSR count). The lowest BCUT2D eigenvalue weighted by Crippen LogP contribution is -2.58. The molecular weight excluding hydrogens is 729 g/mol. The zero-order valence-corrected chi connectivity index (χ0v) is 31.9. The van der Waals surface area contributed by atoms with E-state index in [-0.39, 0.29) is 36.3 Å². The summed E-state index contributed by atoms with van der Waals surface area (Å²) in [6, 6.07) is 12.3. The van der Waals surface area contributed by atoms with Crippen LogP contribution in [0, 0.1) is 17.2 Å². The highest BCUT2D eigenvalue weighted by molar-refractivity contribution is 7.90. The normalized spacial score (nSPS) is 25.5. The number of carbonyl (C=O) groups excluding carboxylic acids is 5. The Morgan fingerprint density at radius 1 is 1.00 bits per heavy atom. The zero-order valence-electron chi connectivity index (χ0n) is 31.1. The third-order valence-electron chi connectivity index (χ3n) is 10.2. The fourth-order valence-corrected chi connectivity index (χ4v) is 8.31. The van der Waals surface area contributed by atoms with Crippen LogP contribution in [0.3, 0.4) is 0 Å². The molecule has 55 heavy (non-hydrogen) atoms. The lowest BCUT2D eigenvalue weighted by atomic mass is 10.0. The van der Waals surface area contributed by atoms with Crippen molar-refractivity contribution in [2.24, 2.45) is 5.92 Å². The summed E-state index contributed by atoms with van der Waals surface area (Å²) < 4.78 is 40.0. The number of carbonyl (C=O) groups is 5. The molecule has 2 aromatic rings. The molecule has 4 aliphatic rings. The Morgan fingerprint density at radius 3 is 2.35 bits per heavy atom. The van der Waals surface area contributed by atoms with Crippen molar-refractivity contribution in [3.05, 3.63) is 77.4 Å². The van der Waals surface area contributed by atoms with E-state index in [1.165, 1.54) is 34.1 Å². The molecule has 0 aromatic heterocycles. The second kappa shape index (κ2) is 15.7. The molecule has 0 unspecified atom stereocenters. The molecule has 2 fully saturated rings. The zero-order chi connectivity index (χ0) is 39.5. The van der Waals surface area contributed by atoms with Crippen LogP contribution in [0.5, 0.6) is 0 Å². The minimum Gasteiger partial charge on any atom is -0.444 e. The first-order chi connectivity index (χ1) is 26.1. The van der Waals surface area contributed by atoms with Crippen LogP contribution in [0.25, 0.3) is 0 Å². The highest BCUT2D eigenvalue weighted by Crippen LogP contribution is 2.46. The molecule has 0 radical (unpaired) electrons. The Hall–Kier alpha value is -5.43. The number of ether oxygens (including phenoxy) is 2. The number of nitrogens with zero attached hydrogens (tertiary/aromatic N) is 3. The van der Waals surface area contributed by atoms with Gasteiger partial charge < -0.3 is 25.0 Å². The van der Waals surface area contributed by atoms with E-state index in [1.807, 2.05) is 36.4 Å². The molecule has 3 aliphatic heterocycles. The van der Waals surface area contributed by atoms with Crippen molar-refractivity contribution in [1.82, 2.24) is 25.2 Å². The minimum atomic E-state index is -4.40. The Kier molecular flexibility index (Phi) is 11.2. The number of nitrogens with one attached hydrogen (secondary N) is 3. The van der Waals surface area contributed by atoms with Crippen molar-refractivity contribution >= 4 is 39.9 Å². The summed E-state index contributed by atoms with van der Waals surface area (Å²) in [6.07, 6.45) is 4.25. The molecule has 1 saturated carbocycles. The number of sulfonamides is 1. The summed E-state index contributed by atoms with van der Waals surface area (Å²) in [5, 5.41) is 14.6. The summed E-state index contributed by atoms with van der Waals surface area (Å²) in [5.41, 5.74) is -0.289. The predicted octanol–water partition coefficient (Wildman–Crippen LogP) is 3.77. The highest BCUT2D eigenvalue weighted by Gasteiger charge is 2.61. The number of hydrogen-bond acceptors (Lipinski definition) is 10. The van der Waals surface area contributed by atoms with Crippen LogP contribution in [-0.4, -0.2) is 84.0 Å². The van der Waals surface area contributed by atoms with Crippen molar-refractivity contribution < 1.29 is 41.9 Å². The average molecular weight is 775 g/mol. The molecule has 16 heteroatoms. The summed E-state index contributed by atoms with van der Waals surface area (Å²) >= 11 is 0. The number of alkyl carbamates (subject to hydrolysis) is 1. The van der Waals surface area contributed by atoms with Crippen LogP contribution in [0.1, 0.15) is 82.4 Å². The van der Waals surface area contributed by atoms with Gasteiger partial charge in [-0.15, -0.1) is 0 Å². The van der Waals surface area contributed by atoms with Crippen molar-refractivity contribution in [3.8, 4) is 6.07 Å². The summed E-state index contributed by atoms with van der Waals surface area (Å²) in [4.78, 5) is 71.5. The van der Waals surface area contributed by atoms with Gasteiger partial charge in [-0.25, -0.2) is 22.7 Å². The second-order valence-electron chi connectivity index (χ2n) is 15.5. The van der Waals surface area contributed by atoms with Gasteiger partial charge in [0.25, 0.3) is 15.9 Å². The number of hydrogen-bond donors (Lipinski definition) is 3. The van der Waals surface area contributed by atoms with Gasteiger partial charge in [-0.1, -0.05) is 49.3 Å². The number of rotatable bonds is 5. The first kappa shape index (κ1) is 39.3. The van der Waals surface area contributed by atoms with E-state index < -0.39 is 75.2 Å². The van der Waals surface area contributed by atoms with Gasteiger partial charge in [0.1, 0.15) is 29.3 Å². The van der Waals surface area contributed by atoms with Crippen LogP contribution < -0.4 is 15.4 Å². The van der Waals surface area contributed by atoms with Gasteiger partial charge in [0, 0.05) is 25.4 Å². The van der Waals surface area contributed by atoms with Crippen molar-refractivity contribution in [2.75, 3.05) is 6.54 Å². The molecular formula is C39H46N6O9S. The Balaban J connectivity index is 1.26. The molecule has 15 nitrogen and oxygen atoms in total. The molecule has 3 heterocycles. The van der Waals surface area contributed by atoms with Gasteiger partial charge in [-0.3, -0.25) is 19.3 Å². The van der Waals surface area contributed by atoms with E-state index in [2.05, 4.69) is 15.4 Å². The lowest BCUT2D eigenvalue weighted by molar-refractivity contribution is -0.141. The molecule has 5 amide bonds. The smallest absolute Gasteiger partial charge is 0.410 e. The molecule has 3 N–H and O–H groups in total. The fourth-order valence-electron chi connectivity index (χ4n) is 7.28. The van der Waals surface area contributed by atoms with Gasteiger partial charge in [0.2, 0.25) is 11.8 Å². The first-order valence-electron chi connectivity index (χ1n) is 18.5. The summed E-state index contributed by atoms with van der Waals surface area (Å²) in [6.45, 7) is 5.62. The molecule has 0 spiro atoms. The van der Waals surface area contributed by atoms with Crippen LogP contribution in [0.4, 0.5) is 9.59 Å². The predicted molar refractivity (Wildman–Crippen MR) is 197 cm³/mol. The van der Waals surface area contributed by atoms with E-state index in [9.17, 15) is 32.4 Å². The number of fused-ring (bicyclic) bond motifs is 3. The van der Waals surface area contributed by atoms with Gasteiger partial charge in [0.05, 0.1) is 23.1 Å². The first-order valence-corrected chi connectivity index (χ1v) is 20.0.